The first kappa shape index (κ1) is 18.9. The van der Waals surface area contributed by atoms with Crippen LogP contribution in [-0.4, -0.2) is 19.6 Å². The van der Waals surface area contributed by atoms with Crippen LogP contribution in [0.3, 0.4) is 0 Å². The number of nitrogens with one attached hydrogen (secondary N) is 1. The van der Waals surface area contributed by atoms with E-state index < -0.39 is 5.91 Å². The zero-order valence-corrected chi connectivity index (χ0v) is 17.1. The summed E-state index contributed by atoms with van der Waals surface area (Å²) in [5.41, 5.74) is 8.40. The van der Waals surface area contributed by atoms with Gasteiger partial charge in [-0.25, -0.2) is 0 Å². The lowest BCUT2D eigenvalue weighted by Crippen LogP contribution is -2.20. The molecule has 0 aliphatic heterocycles. The fraction of sp³-hybridized carbons (Fsp3) is 0.235. The molecule has 0 aromatic heterocycles. The monoisotopic (exact) mass is 504 g/mol. The molecule has 0 bridgehead atoms. The van der Waals surface area contributed by atoms with Crippen molar-refractivity contribution in [2.24, 2.45) is 5.73 Å². The molecule has 0 heterocycles. The average Bonchev–Trinajstić information content (AvgIpc) is 2.52. The van der Waals surface area contributed by atoms with E-state index in [9.17, 15) is 4.79 Å². The molecule has 0 fully saturated rings. The maximum atomic E-state index is 10.9. The zero-order valence-electron chi connectivity index (χ0n) is 13.4. The van der Waals surface area contributed by atoms with Gasteiger partial charge >= 0.3 is 0 Å². The number of aryl methyl sites for hydroxylation is 1. The van der Waals surface area contributed by atoms with Crippen LogP contribution in [-0.2, 0) is 11.3 Å². The van der Waals surface area contributed by atoms with E-state index in [1.807, 2.05) is 24.3 Å². The van der Waals surface area contributed by atoms with Crippen molar-refractivity contribution in [3.05, 3.63) is 49.5 Å². The first-order chi connectivity index (χ1) is 11.4. The third-order valence-electron chi connectivity index (χ3n) is 3.32. The normalized spacial score (nSPS) is 10.3. The molecule has 128 valence electrons. The van der Waals surface area contributed by atoms with Gasteiger partial charge in [-0.2, -0.15) is 0 Å². The smallest absolute Gasteiger partial charge is 0.255 e. The van der Waals surface area contributed by atoms with E-state index in [0.29, 0.717) is 18.0 Å². The summed E-state index contributed by atoms with van der Waals surface area (Å²) in [4.78, 5) is 10.9. The van der Waals surface area contributed by atoms with Gasteiger partial charge in [0.2, 0.25) is 0 Å². The lowest BCUT2D eigenvalue weighted by atomic mass is 10.1. The van der Waals surface area contributed by atoms with E-state index in [0.717, 1.165) is 24.9 Å². The molecule has 2 rings (SSSR count). The van der Waals surface area contributed by atoms with Crippen LogP contribution in [0.2, 0.25) is 0 Å². The number of methoxy groups -OCH3 is 1. The SMILES string of the molecule is COc1cc(CNc2ccc(Br)cc2C)cc(I)c1OCC(N)=O. The van der Waals surface area contributed by atoms with Crippen molar-refractivity contribution in [2.45, 2.75) is 13.5 Å². The van der Waals surface area contributed by atoms with Crippen LogP contribution < -0.4 is 20.5 Å². The van der Waals surface area contributed by atoms with Crippen LogP contribution >= 0.6 is 38.5 Å². The second kappa shape index (κ2) is 8.57. The number of rotatable bonds is 7. The van der Waals surface area contributed by atoms with Gasteiger partial charge in [0.1, 0.15) is 0 Å². The average molecular weight is 505 g/mol. The van der Waals surface area contributed by atoms with Crippen LogP contribution in [0.4, 0.5) is 5.69 Å². The second-order valence-corrected chi connectivity index (χ2v) is 7.25. The summed E-state index contributed by atoms with van der Waals surface area (Å²) in [6, 6.07) is 9.97. The lowest BCUT2D eigenvalue weighted by Gasteiger charge is -2.15. The maximum Gasteiger partial charge on any atom is 0.255 e. The minimum absolute atomic E-state index is 0.179. The highest BCUT2D eigenvalue weighted by molar-refractivity contribution is 14.1. The van der Waals surface area contributed by atoms with Gasteiger partial charge in [0.25, 0.3) is 5.91 Å². The van der Waals surface area contributed by atoms with Gasteiger partial charge in [-0.15, -0.1) is 0 Å². The van der Waals surface area contributed by atoms with Gasteiger partial charge in [-0.1, -0.05) is 15.9 Å². The highest BCUT2D eigenvalue weighted by atomic mass is 127. The number of benzene rings is 2. The Morgan fingerprint density at radius 1 is 1.33 bits per heavy atom. The Hall–Kier alpha value is -1.48. The number of anilines is 1. The first-order valence-corrected chi connectivity index (χ1v) is 9.05. The van der Waals surface area contributed by atoms with Gasteiger partial charge in [0.15, 0.2) is 18.1 Å². The molecular formula is C17H18BrIN2O3. The van der Waals surface area contributed by atoms with Crippen LogP contribution in [0.1, 0.15) is 11.1 Å². The van der Waals surface area contributed by atoms with Crippen molar-refractivity contribution in [3.8, 4) is 11.5 Å². The quantitative estimate of drug-likeness (QED) is 0.562. The number of amides is 1. The number of carbonyl (C=O) groups excluding carboxylic acids is 1. The lowest BCUT2D eigenvalue weighted by molar-refractivity contribution is -0.119. The Balaban J connectivity index is 2.16. The Morgan fingerprint density at radius 2 is 2.08 bits per heavy atom. The molecule has 0 spiro atoms. The van der Waals surface area contributed by atoms with E-state index >= 15 is 0 Å². The first-order valence-electron chi connectivity index (χ1n) is 7.18. The van der Waals surface area contributed by atoms with Gasteiger partial charge in [-0.3, -0.25) is 4.79 Å². The molecule has 0 saturated heterocycles. The number of primary amides is 1. The maximum absolute atomic E-state index is 10.9. The molecule has 3 N–H and O–H groups in total. The summed E-state index contributed by atoms with van der Waals surface area (Å²) < 4.78 is 12.7. The van der Waals surface area contributed by atoms with E-state index in [1.165, 1.54) is 0 Å². The topological polar surface area (TPSA) is 73.6 Å². The Kier molecular flexibility index (Phi) is 6.73. The van der Waals surface area contributed by atoms with Crippen molar-refractivity contribution in [3.63, 3.8) is 0 Å². The molecule has 0 saturated carbocycles. The number of ether oxygens (including phenoxy) is 2. The van der Waals surface area contributed by atoms with Crippen LogP contribution in [0.5, 0.6) is 11.5 Å². The van der Waals surface area contributed by atoms with Crippen molar-refractivity contribution < 1.29 is 14.3 Å². The Bertz CT molecular complexity index is 753. The predicted molar refractivity (Wildman–Crippen MR) is 107 cm³/mol. The Labute approximate surface area is 163 Å². The number of carbonyl (C=O) groups is 1. The second-order valence-electron chi connectivity index (χ2n) is 5.18. The summed E-state index contributed by atoms with van der Waals surface area (Å²) >= 11 is 5.62. The van der Waals surface area contributed by atoms with Crippen LogP contribution in [0.15, 0.2) is 34.8 Å². The van der Waals surface area contributed by atoms with Crippen molar-refractivity contribution in [1.29, 1.82) is 0 Å². The summed E-state index contributed by atoms with van der Waals surface area (Å²) in [5, 5.41) is 3.41. The van der Waals surface area contributed by atoms with Crippen molar-refractivity contribution in [2.75, 3.05) is 19.0 Å². The molecule has 0 radical (unpaired) electrons. The predicted octanol–water partition coefficient (Wildman–Crippen LogP) is 3.85. The van der Waals surface area contributed by atoms with Crippen molar-refractivity contribution >= 4 is 50.1 Å². The summed E-state index contributed by atoms with van der Waals surface area (Å²) in [6.07, 6.45) is 0. The van der Waals surface area contributed by atoms with E-state index in [1.54, 1.807) is 7.11 Å². The molecule has 7 heteroatoms. The largest absolute Gasteiger partial charge is 0.493 e. The zero-order chi connectivity index (χ0) is 17.7. The third kappa shape index (κ3) is 5.01. The van der Waals surface area contributed by atoms with Gasteiger partial charge < -0.3 is 20.5 Å². The summed E-state index contributed by atoms with van der Waals surface area (Å²) in [7, 11) is 1.57. The van der Waals surface area contributed by atoms with Crippen molar-refractivity contribution in [1.82, 2.24) is 0 Å². The van der Waals surface area contributed by atoms with E-state index in [4.69, 9.17) is 15.2 Å². The molecule has 5 nitrogen and oxygen atoms in total. The van der Waals surface area contributed by atoms with E-state index in [2.05, 4.69) is 56.8 Å². The molecule has 0 aliphatic rings. The molecule has 0 aliphatic carbocycles. The third-order valence-corrected chi connectivity index (χ3v) is 4.61. The molecule has 0 unspecified atom stereocenters. The minimum atomic E-state index is -0.524. The number of halogens is 2. The molecule has 2 aromatic carbocycles. The minimum Gasteiger partial charge on any atom is -0.493 e. The fourth-order valence-corrected chi connectivity index (χ4v) is 3.48. The van der Waals surface area contributed by atoms with Crippen LogP contribution in [0.25, 0.3) is 0 Å². The highest BCUT2D eigenvalue weighted by Gasteiger charge is 2.13. The standard InChI is InChI=1S/C17H18BrIN2O3/c1-10-5-12(18)3-4-14(10)21-8-11-6-13(19)17(15(7-11)23-2)24-9-16(20)22/h3-7,21H,8-9H2,1-2H3,(H2,20,22). The number of nitrogens with two attached hydrogens (primary N) is 1. The molecule has 24 heavy (non-hydrogen) atoms. The highest BCUT2D eigenvalue weighted by Crippen LogP contribution is 2.34. The summed E-state index contributed by atoms with van der Waals surface area (Å²) in [6.45, 7) is 2.52. The van der Waals surface area contributed by atoms with Gasteiger partial charge in [0, 0.05) is 16.7 Å². The fourth-order valence-electron chi connectivity index (χ4n) is 2.18. The van der Waals surface area contributed by atoms with Crippen LogP contribution in [0, 0.1) is 10.5 Å². The molecule has 2 aromatic rings. The molecule has 1 amide bonds. The number of hydrogen-bond donors (Lipinski definition) is 2. The molecule has 0 atom stereocenters. The van der Waals surface area contributed by atoms with E-state index in [-0.39, 0.29) is 6.61 Å². The number of hydrogen-bond acceptors (Lipinski definition) is 4. The summed E-state index contributed by atoms with van der Waals surface area (Å²) in [5.74, 6) is 0.581. The van der Waals surface area contributed by atoms with Gasteiger partial charge in [-0.05, 0) is 71.0 Å². The van der Waals surface area contributed by atoms with Gasteiger partial charge in [0.05, 0.1) is 10.7 Å². The molecular weight excluding hydrogens is 487 g/mol. The Morgan fingerprint density at radius 3 is 2.71 bits per heavy atom.